The number of benzene rings is 2. The summed E-state index contributed by atoms with van der Waals surface area (Å²) in [6.45, 7) is 0.523. The molecule has 2 aromatic carbocycles. The molecule has 0 aliphatic carbocycles. The van der Waals surface area contributed by atoms with E-state index in [0.29, 0.717) is 25.1 Å². The molecule has 2 N–H and O–H groups in total. The van der Waals surface area contributed by atoms with E-state index in [-0.39, 0.29) is 24.2 Å². The lowest BCUT2D eigenvalue weighted by molar-refractivity contribution is -0.136. The predicted molar refractivity (Wildman–Crippen MR) is 116 cm³/mol. The van der Waals surface area contributed by atoms with Crippen molar-refractivity contribution >= 4 is 23.6 Å². The number of nitrogens with zero attached hydrogens (tertiary/aromatic N) is 2. The molecule has 1 aliphatic heterocycles. The fourth-order valence-corrected chi connectivity index (χ4v) is 3.73. The molecule has 30 heavy (non-hydrogen) atoms. The van der Waals surface area contributed by atoms with Gasteiger partial charge >= 0.3 is 0 Å². The van der Waals surface area contributed by atoms with Crippen molar-refractivity contribution < 1.29 is 19.4 Å². The number of likely N-dealkylation sites (N-methyl/N-ethyl adjacent to an activating group) is 1. The summed E-state index contributed by atoms with van der Waals surface area (Å²) >= 11 is 0. The summed E-state index contributed by atoms with van der Waals surface area (Å²) in [4.78, 5) is 27.0. The lowest BCUT2D eigenvalue weighted by atomic mass is 9.91. The van der Waals surface area contributed by atoms with E-state index in [9.17, 15) is 14.7 Å². The van der Waals surface area contributed by atoms with Gasteiger partial charge in [-0.3, -0.25) is 9.59 Å². The number of phenols is 1. The SMILES string of the molecule is CNc1ccccc1C1=C[C@@H](c2ccc(O)c(OC)c2)N(C(=O)CN(C)C=O)CC1. The van der Waals surface area contributed by atoms with Crippen molar-refractivity contribution in [3.63, 3.8) is 0 Å². The summed E-state index contributed by atoms with van der Waals surface area (Å²) in [7, 11) is 4.96. The van der Waals surface area contributed by atoms with Crippen molar-refractivity contribution in [1.29, 1.82) is 0 Å². The van der Waals surface area contributed by atoms with Crippen LogP contribution in [0.3, 0.4) is 0 Å². The van der Waals surface area contributed by atoms with Crippen LogP contribution in [0.5, 0.6) is 11.5 Å². The van der Waals surface area contributed by atoms with E-state index in [1.54, 1.807) is 30.1 Å². The second-order valence-electron chi connectivity index (χ2n) is 7.22. The summed E-state index contributed by atoms with van der Waals surface area (Å²) < 4.78 is 5.26. The van der Waals surface area contributed by atoms with E-state index in [2.05, 4.69) is 17.5 Å². The minimum atomic E-state index is -0.347. The Kier molecular flexibility index (Phi) is 6.61. The lowest BCUT2D eigenvalue weighted by Crippen LogP contribution is -2.42. The first kappa shape index (κ1) is 21.2. The van der Waals surface area contributed by atoms with Gasteiger partial charge in [-0.25, -0.2) is 0 Å². The van der Waals surface area contributed by atoms with Gasteiger partial charge in [-0.15, -0.1) is 0 Å². The number of methoxy groups -OCH3 is 1. The highest BCUT2D eigenvalue weighted by Crippen LogP contribution is 2.38. The van der Waals surface area contributed by atoms with Gasteiger partial charge in [0.1, 0.15) is 0 Å². The zero-order valence-corrected chi connectivity index (χ0v) is 17.5. The van der Waals surface area contributed by atoms with Crippen LogP contribution >= 0.6 is 0 Å². The number of phenolic OH excluding ortho intramolecular Hbond substituents is 1. The van der Waals surface area contributed by atoms with Crippen LogP contribution in [0.1, 0.15) is 23.6 Å². The van der Waals surface area contributed by atoms with Gasteiger partial charge in [-0.1, -0.05) is 30.3 Å². The number of para-hydroxylation sites is 1. The third kappa shape index (κ3) is 4.40. The Morgan fingerprint density at radius 3 is 2.80 bits per heavy atom. The molecule has 0 spiro atoms. The van der Waals surface area contributed by atoms with Gasteiger partial charge in [0.25, 0.3) is 0 Å². The molecule has 2 aromatic rings. The van der Waals surface area contributed by atoms with Gasteiger partial charge < -0.3 is 25.0 Å². The Bertz CT molecular complexity index is 957. The fraction of sp³-hybridized carbons (Fsp3) is 0.304. The van der Waals surface area contributed by atoms with Gasteiger partial charge in [-0.2, -0.15) is 0 Å². The van der Waals surface area contributed by atoms with Crippen LogP contribution < -0.4 is 10.1 Å². The molecule has 1 atom stereocenters. The molecule has 1 heterocycles. The Morgan fingerprint density at radius 2 is 2.10 bits per heavy atom. The van der Waals surface area contributed by atoms with Crippen LogP contribution in [0, 0.1) is 0 Å². The summed E-state index contributed by atoms with van der Waals surface area (Å²) in [5.41, 5.74) is 4.06. The Morgan fingerprint density at radius 1 is 1.33 bits per heavy atom. The number of amides is 2. The highest BCUT2D eigenvalue weighted by Gasteiger charge is 2.29. The minimum Gasteiger partial charge on any atom is -0.504 e. The Balaban J connectivity index is 2.05. The van der Waals surface area contributed by atoms with Crippen molar-refractivity contribution in [2.75, 3.05) is 39.6 Å². The maximum Gasteiger partial charge on any atom is 0.242 e. The summed E-state index contributed by atoms with van der Waals surface area (Å²) in [5, 5.41) is 13.2. The topological polar surface area (TPSA) is 82.1 Å². The average Bonchev–Trinajstić information content (AvgIpc) is 2.78. The molecular formula is C23H27N3O4. The van der Waals surface area contributed by atoms with Crippen LogP contribution in [0.15, 0.2) is 48.5 Å². The number of nitrogens with one attached hydrogen (secondary N) is 1. The molecule has 7 heteroatoms. The summed E-state index contributed by atoms with van der Waals surface area (Å²) in [5.74, 6) is 0.250. The molecule has 2 amide bonds. The fourth-order valence-electron chi connectivity index (χ4n) is 3.73. The van der Waals surface area contributed by atoms with Crippen molar-refractivity contribution in [1.82, 2.24) is 9.80 Å². The quantitative estimate of drug-likeness (QED) is 0.687. The van der Waals surface area contributed by atoms with E-state index in [4.69, 9.17) is 4.74 Å². The molecule has 3 rings (SSSR count). The highest BCUT2D eigenvalue weighted by atomic mass is 16.5. The number of carbonyl (C=O) groups is 2. The molecule has 0 saturated heterocycles. The van der Waals surface area contributed by atoms with E-state index >= 15 is 0 Å². The molecule has 0 radical (unpaired) electrons. The summed E-state index contributed by atoms with van der Waals surface area (Å²) in [6.07, 6.45) is 3.41. The van der Waals surface area contributed by atoms with Crippen LogP contribution in [0.2, 0.25) is 0 Å². The Labute approximate surface area is 176 Å². The second kappa shape index (κ2) is 9.35. The largest absolute Gasteiger partial charge is 0.504 e. The van der Waals surface area contributed by atoms with E-state index < -0.39 is 0 Å². The minimum absolute atomic E-state index is 0.00545. The number of hydrogen-bond acceptors (Lipinski definition) is 5. The molecule has 0 bridgehead atoms. The van der Waals surface area contributed by atoms with E-state index in [1.807, 2.05) is 25.2 Å². The maximum atomic E-state index is 12.9. The molecule has 0 unspecified atom stereocenters. The second-order valence-corrected chi connectivity index (χ2v) is 7.22. The van der Waals surface area contributed by atoms with Crippen molar-refractivity contribution in [2.24, 2.45) is 0 Å². The normalized spacial score (nSPS) is 15.9. The molecule has 7 nitrogen and oxygen atoms in total. The van der Waals surface area contributed by atoms with Crippen LogP contribution in [-0.2, 0) is 9.59 Å². The van der Waals surface area contributed by atoms with Crippen molar-refractivity contribution in [2.45, 2.75) is 12.5 Å². The molecule has 0 saturated carbocycles. The Hall–Kier alpha value is -3.48. The smallest absolute Gasteiger partial charge is 0.242 e. The lowest BCUT2D eigenvalue weighted by Gasteiger charge is -2.36. The summed E-state index contributed by atoms with van der Waals surface area (Å²) in [6, 6.07) is 12.8. The third-order valence-corrected chi connectivity index (χ3v) is 5.29. The van der Waals surface area contributed by atoms with Crippen molar-refractivity contribution in [3.05, 3.63) is 59.7 Å². The zero-order chi connectivity index (χ0) is 21.7. The van der Waals surface area contributed by atoms with Gasteiger partial charge in [0.15, 0.2) is 11.5 Å². The first-order valence-electron chi connectivity index (χ1n) is 9.78. The van der Waals surface area contributed by atoms with E-state index in [0.717, 1.165) is 22.4 Å². The first-order valence-corrected chi connectivity index (χ1v) is 9.78. The van der Waals surface area contributed by atoms with Crippen LogP contribution in [0.25, 0.3) is 5.57 Å². The number of hydrogen-bond donors (Lipinski definition) is 2. The molecule has 1 aliphatic rings. The first-order chi connectivity index (χ1) is 14.5. The molecule has 0 fully saturated rings. The monoisotopic (exact) mass is 409 g/mol. The predicted octanol–water partition coefficient (Wildman–Crippen LogP) is 2.89. The molecule has 158 valence electrons. The average molecular weight is 409 g/mol. The number of ether oxygens (including phenoxy) is 1. The molecule has 0 aromatic heterocycles. The third-order valence-electron chi connectivity index (χ3n) is 5.29. The van der Waals surface area contributed by atoms with Crippen molar-refractivity contribution in [3.8, 4) is 11.5 Å². The van der Waals surface area contributed by atoms with Crippen LogP contribution in [0.4, 0.5) is 5.69 Å². The highest BCUT2D eigenvalue weighted by molar-refractivity contribution is 5.84. The number of anilines is 1. The van der Waals surface area contributed by atoms with Gasteiger partial charge in [-0.05, 0) is 35.8 Å². The molecular weight excluding hydrogens is 382 g/mol. The van der Waals surface area contributed by atoms with Gasteiger partial charge in [0.2, 0.25) is 12.3 Å². The van der Waals surface area contributed by atoms with Gasteiger partial charge in [0, 0.05) is 31.9 Å². The number of aromatic hydroxyl groups is 1. The number of rotatable bonds is 7. The zero-order valence-electron chi connectivity index (χ0n) is 17.5. The van der Waals surface area contributed by atoms with Gasteiger partial charge in [0.05, 0.1) is 19.7 Å². The number of carbonyl (C=O) groups excluding carboxylic acids is 2. The van der Waals surface area contributed by atoms with E-state index in [1.165, 1.54) is 12.0 Å². The maximum absolute atomic E-state index is 12.9. The standard InChI is InChI=1S/C23H27N3O4/c1-24-19-7-5-4-6-18(19)16-10-11-26(23(29)14-25(2)15-27)20(12-16)17-8-9-21(28)22(13-17)30-3/h4-9,12-13,15,20,24,28H,10-11,14H2,1-3H3/t20-/m0/s1. The van der Waals surface area contributed by atoms with Crippen LogP contribution in [-0.4, -0.2) is 61.5 Å².